The molecule has 7 heteroatoms. The number of halogens is 4. The largest absolute Gasteiger partial charge is 0.447 e. The van der Waals surface area contributed by atoms with Crippen molar-refractivity contribution in [3.05, 3.63) is 18.1 Å². The molecule has 1 rings (SSSR count). The van der Waals surface area contributed by atoms with Gasteiger partial charge in [-0.25, -0.2) is 9.37 Å². The van der Waals surface area contributed by atoms with Crippen LogP contribution in [0.1, 0.15) is 0 Å². The van der Waals surface area contributed by atoms with Gasteiger partial charge in [-0.3, -0.25) is 0 Å². The molecule has 0 aliphatic rings. The molecule has 2 N–H and O–H groups in total. The standard InChI is InChI=1S/C6H4F4N2S/c7-4-3(11)1-2-12-5(4)13-6(8,9)10/h1-2H,(H2,11,12). The zero-order chi connectivity index (χ0) is 10.1. The summed E-state index contributed by atoms with van der Waals surface area (Å²) in [5.74, 6) is -1.13. The summed E-state index contributed by atoms with van der Waals surface area (Å²) >= 11 is -0.625. The van der Waals surface area contributed by atoms with Gasteiger partial charge in [0.1, 0.15) is 5.03 Å². The average molecular weight is 212 g/mol. The Hall–Kier alpha value is -0.980. The number of nitrogens with two attached hydrogens (primary N) is 1. The monoisotopic (exact) mass is 212 g/mol. The highest BCUT2D eigenvalue weighted by Crippen LogP contribution is 2.37. The van der Waals surface area contributed by atoms with Crippen molar-refractivity contribution in [1.29, 1.82) is 0 Å². The third-order valence-electron chi connectivity index (χ3n) is 1.10. The molecule has 0 radical (unpaired) electrons. The van der Waals surface area contributed by atoms with E-state index in [1.165, 1.54) is 0 Å². The maximum atomic E-state index is 12.8. The van der Waals surface area contributed by atoms with E-state index in [4.69, 9.17) is 5.73 Å². The molecule has 0 saturated carbocycles. The zero-order valence-electron chi connectivity index (χ0n) is 6.10. The van der Waals surface area contributed by atoms with Crippen LogP contribution < -0.4 is 5.73 Å². The van der Waals surface area contributed by atoms with Crippen molar-refractivity contribution in [3.8, 4) is 0 Å². The Morgan fingerprint density at radius 1 is 1.38 bits per heavy atom. The maximum Gasteiger partial charge on any atom is 0.447 e. The number of nitrogens with zero attached hydrogens (tertiary/aromatic N) is 1. The van der Waals surface area contributed by atoms with Gasteiger partial charge in [0.15, 0.2) is 5.82 Å². The third kappa shape index (κ3) is 2.76. The van der Waals surface area contributed by atoms with Crippen LogP contribution >= 0.6 is 11.8 Å². The van der Waals surface area contributed by atoms with Crippen LogP contribution in [-0.2, 0) is 0 Å². The molecule has 2 nitrogen and oxygen atoms in total. The number of anilines is 1. The first-order chi connectivity index (χ1) is 5.90. The lowest BCUT2D eigenvalue weighted by molar-refractivity contribution is -0.0330. The van der Waals surface area contributed by atoms with Gasteiger partial charge >= 0.3 is 5.51 Å². The molecule has 13 heavy (non-hydrogen) atoms. The molecule has 1 aromatic heterocycles. The number of thioether (sulfide) groups is 1. The Bertz CT molecular complexity index is 312. The highest BCUT2D eigenvalue weighted by Gasteiger charge is 2.31. The van der Waals surface area contributed by atoms with Crippen molar-refractivity contribution in [1.82, 2.24) is 4.98 Å². The van der Waals surface area contributed by atoms with Crippen LogP contribution in [-0.4, -0.2) is 10.5 Å². The van der Waals surface area contributed by atoms with Crippen LogP contribution in [0.3, 0.4) is 0 Å². The second-order valence-corrected chi connectivity index (χ2v) is 3.12. The van der Waals surface area contributed by atoms with E-state index < -0.39 is 28.1 Å². The van der Waals surface area contributed by atoms with E-state index in [0.717, 1.165) is 12.3 Å². The molecule has 0 saturated heterocycles. The smallest absolute Gasteiger partial charge is 0.396 e. The summed E-state index contributed by atoms with van der Waals surface area (Å²) in [7, 11) is 0. The van der Waals surface area contributed by atoms with E-state index in [2.05, 4.69) is 4.98 Å². The van der Waals surface area contributed by atoms with Gasteiger partial charge in [0.05, 0.1) is 5.69 Å². The van der Waals surface area contributed by atoms with E-state index in [1.807, 2.05) is 0 Å². The van der Waals surface area contributed by atoms with Crippen molar-refractivity contribution in [3.63, 3.8) is 0 Å². The molecule has 0 spiro atoms. The third-order valence-corrected chi connectivity index (χ3v) is 1.81. The molecular formula is C6H4F4N2S. The molecular weight excluding hydrogens is 208 g/mol. The number of hydrogen-bond donors (Lipinski definition) is 1. The van der Waals surface area contributed by atoms with Crippen LogP contribution in [0, 0.1) is 5.82 Å². The number of pyridine rings is 1. The van der Waals surface area contributed by atoms with Gasteiger partial charge in [-0.05, 0) is 6.07 Å². The number of aromatic nitrogens is 1. The average Bonchev–Trinajstić information content (AvgIpc) is 1.96. The zero-order valence-corrected chi connectivity index (χ0v) is 6.92. The Morgan fingerprint density at radius 2 is 2.00 bits per heavy atom. The molecule has 0 aromatic carbocycles. The predicted molar refractivity (Wildman–Crippen MR) is 40.5 cm³/mol. The molecule has 1 aromatic rings. The molecule has 0 unspecified atom stereocenters. The Morgan fingerprint density at radius 3 is 2.54 bits per heavy atom. The van der Waals surface area contributed by atoms with E-state index >= 15 is 0 Å². The first-order valence-electron chi connectivity index (χ1n) is 3.06. The Kier molecular flexibility index (Phi) is 2.65. The first-order valence-corrected chi connectivity index (χ1v) is 3.87. The molecule has 0 aliphatic carbocycles. The molecule has 0 fully saturated rings. The molecule has 1 heterocycles. The number of alkyl halides is 3. The maximum absolute atomic E-state index is 12.8. The molecule has 0 aliphatic heterocycles. The molecule has 0 atom stereocenters. The first kappa shape index (κ1) is 10.1. The summed E-state index contributed by atoms with van der Waals surface area (Å²) in [6.45, 7) is 0. The Balaban J connectivity index is 2.96. The topological polar surface area (TPSA) is 38.9 Å². The highest BCUT2D eigenvalue weighted by atomic mass is 32.2. The van der Waals surface area contributed by atoms with Gasteiger partial charge in [-0.1, -0.05) is 0 Å². The second-order valence-electron chi connectivity index (χ2n) is 2.07. The van der Waals surface area contributed by atoms with Gasteiger partial charge in [-0.2, -0.15) is 13.2 Å². The number of nitrogen functional groups attached to an aromatic ring is 1. The minimum absolute atomic E-state index is 0.346. The fourth-order valence-electron chi connectivity index (χ4n) is 0.619. The summed E-state index contributed by atoms with van der Waals surface area (Å²) in [5.41, 5.74) is 0.144. The van der Waals surface area contributed by atoms with Crippen molar-refractivity contribution in [2.24, 2.45) is 0 Å². The lowest BCUT2D eigenvalue weighted by Gasteiger charge is -2.05. The quantitative estimate of drug-likeness (QED) is 0.574. The SMILES string of the molecule is Nc1ccnc(SC(F)(F)F)c1F. The van der Waals surface area contributed by atoms with E-state index in [-0.39, 0.29) is 5.69 Å². The van der Waals surface area contributed by atoms with E-state index in [9.17, 15) is 17.6 Å². The van der Waals surface area contributed by atoms with Gasteiger partial charge in [0.2, 0.25) is 0 Å². The minimum Gasteiger partial charge on any atom is -0.396 e. The lowest BCUT2D eigenvalue weighted by Crippen LogP contribution is -2.03. The summed E-state index contributed by atoms with van der Waals surface area (Å²) in [6, 6.07) is 1.09. The molecule has 72 valence electrons. The minimum atomic E-state index is -4.55. The van der Waals surface area contributed by atoms with Crippen molar-refractivity contribution >= 4 is 17.4 Å². The van der Waals surface area contributed by atoms with Gasteiger partial charge in [0, 0.05) is 18.0 Å². The van der Waals surface area contributed by atoms with Crippen LogP contribution in [0.2, 0.25) is 0 Å². The normalized spacial score (nSPS) is 11.7. The van der Waals surface area contributed by atoms with Gasteiger partial charge < -0.3 is 5.73 Å². The summed E-state index contributed by atoms with van der Waals surface area (Å²) in [4.78, 5) is 3.21. The lowest BCUT2D eigenvalue weighted by atomic mass is 10.4. The van der Waals surface area contributed by atoms with Crippen molar-refractivity contribution in [2.75, 3.05) is 5.73 Å². The molecule has 0 amide bonds. The highest BCUT2D eigenvalue weighted by molar-refractivity contribution is 8.00. The van der Waals surface area contributed by atoms with Crippen LogP contribution in [0.15, 0.2) is 17.3 Å². The summed E-state index contributed by atoms with van der Waals surface area (Å²) < 4.78 is 48.1. The van der Waals surface area contributed by atoms with Gasteiger partial charge in [-0.15, -0.1) is 0 Å². The summed E-state index contributed by atoms with van der Waals surface area (Å²) in [6.07, 6.45) is 1.02. The Labute approximate surface area is 75.1 Å². The molecule has 0 bridgehead atoms. The van der Waals surface area contributed by atoms with Gasteiger partial charge in [0.25, 0.3) is 0 Å². The van der Waals surface area contributed by atoms with Crippen LogP contribution in [0.5, 0.6) is 0 Å². The van der Waals surface area contributed by atoms with Crippen molar-refractivity contribution in [2.45, 2.75) is 10.5 Å². The summed E-state index contributed by atoms with van der Waals surface area (Å²) in [5, 5.41) is -0.757. The fourth-order valence-corrected chi connectivity index (χ4v) is 1.16. The van der Waals surface area contributed by atoms with Crippen LogP contribution in [0.4, 0.5) is 23.2 Å². The fraction of sp³-hybridized carbons (Fsp3) is 0.167. The van der Waals surface area contributed by atoms with E-state index in [0.29, 0.717) is 0 Å². The number of hydrogen-bond acceptors (Lipinski definition) is 3. The van der Waals surface area contributed by atoms with E-state index in [1.54, 1.807) is 0 Å². The second kappa shape index (κ2) is 3.41. The van der Waals surface area contributed by atoms with Crippen LogP contribution in [0.25, 0.3) is 0 Å². The predicted octanol–water partition coefficient (Wildman–Crippen LogP) is 2.41. The van der Waals surface area contributed by atoms with Crippen molar-refractivity contribution < 1.29 is 17.6 Å². The number of rotatable bonds is 1.